The highest BCUT2D eigenvalue weighted by atomic mass is 35.5. The standard InChI is InChI=1S/C10H13F3N4O2S.ClH/c1-5-7(14-2-3-19-5)8(18)15-9-17-16-6(20-9)4-10(11,12)13;/h5,7,14H,2-4H2,1H3,(H,15,17,18);1H/t5-,7+;/m1./s1. The number of carbonyl (C=O) groups excluding carboxylic acids is 1. The predicted octanol–water partition coefficient (Wildman–Crippen LogP) is 1.38. The van der Waals surface area contributed by atoms with E-state index in [1.807, 2.05) is 0 Å². The summed E-state index contributed by atoms with van der Waals surface area (Å²) >= 11 is 0.711. The van der Waals surface area contributed by atoms with Gasteiger partial charge in [-0.3, -0.25) is 10.1 Å². The predicted molar refractivity (Wildman–Crippen MR) is 72.8 cm³/mol. The van der Waals surface area contributed by atoms with E-state index in [0.717, 1.165) is 0 Å². The molecule has 1 aliphatic heterocycles. The van der Waals surface area contributed by atoms with Crippen LogP contribution in [0.2, 0.25) is 0 Å². The van der Waals surface area contributed by atoms with Gasteiger partial charge in [0.2, 0.25) is 11.0 Å². The maximum absolute atomic E-state index is 12.2. The van der Waals surface area contributed by atoms with Crippen molar-refractivity contribution in [1.29, 1.82) is 0 Å². The summed E-state index contributed by atoms with van der Waals surface area (Å²) in [5.74, 6) is -0.396. The molecule has 11 heteroatoms. The first kappa shape index (κ1) is 18.1. The van der Waals surface area contributed by atoms with E-state index in [4.69, 9.17) is 4.74 Å². The van der Waals surface area contributed by atoms with Gasteiger partial charge in [0.05, 0.1) is 19.1 Å². The van der Waals surface area contributed by atoms with Crippen molar-refractivity contribution in [1.82, 2.24) is 15.5 Å². The van der Waals surface area contributed by atoms with Crippen LogP contribution in [0.15, 0.2) is 0 Å². The number of ether oxygens (including phenoxy) is 1. The molecule has 0 radical (unpaired) electrons. The Morgan fingerprint density at radius 3 is 2.86 bits per heavy atom. The zero-order valence-corrected chi connectivity index (χ0v) is 12.6. The molecule has 1 aliphatic rings. The number of anilines is 1. The van der Waals surface area contributed by atoms with E-state index in [1.54, 1.807) is 6.92 Å². The summed E-state index contributed by atoms with van der Waals surface area (Å²) in [6.07, 6.45) is -5.80. The second-order valence-corrected chi connectivity index (χ2v) is 5.35. The van der Waals surface area contributed by atoms with Crippen LogP contribution in [-0.4, -0.2) is 47.6 Å². The van der Waals surface area contributed by atoms with Crippen molar-refractivity contribution in [3.8, 4) is 0 Å². The summed E-state index contributed by atoms with van der Waals surface area (Å²) in [5.41, 5.74) is 0. The molecule has 2 rings (SSSR count). The average Bonchev–Trinajstić information content (AvgIpc) is 2.74. The Kier molecular flexibility index (Phi) is 6.32. The molecule has 1 fully saturated rings. The Balaban J connectivity index is 0.00000220. The van der Waals surface area contributed by atoms with Gasteiger partial charge in [0.25, 0.3) is 0 Å². The Labute approximate surface area is 128 Å². The molecule has 1 aromatic rings. The topological polar surface area (TPSA) is 76.1 Å². The number of nitrogens with one attached hydrogen (secondary N) is 2. The van der Waals surface area contributed by atoms with Crippen molar-refractivity contribution in [2.45, 2.75) is 31.7 Å². The average molecular weight is 347 g/mol. The third-order valence-electron chi connectivity index (χ3n) is 2.65. The molecule has 0 unspecified atom stereocenters. The Bertz CT molecular complexity index is 485. The summed E-state index contributed by atoms with van der Waals surface area (Å²) < 4.78 is 41.9. The summed E-state index contributed by atoms with van der Waals surface area (Å²) in [4.78, 5) is 11.9. The fourth-order valence-electron chi connectivity index (χ4n) is 1.76. The lowest BCUT2D eigenvalue weighted by atomic mass is 10.1. The molecule has 1 amide bonds. The minimum Gasteiger partial charge on any atom is -0.375 e. The second-order valence-electron chi connectivity index (χ2n) is 4.29. The van der Waals surface area contributed by atoms with Crippen LogP contribution in [0, 0.1) is 0 Å². The van der Waals surface area contributed by atoms with E-state index in [1.165, 1.54) is 0 Å². The number of rotatable bonds is 3. The van der Waals surface area contributed by atoms with Crippen LogP contribution < -0.4 is 10.6 Å². The first-order chi connectivity index (χ1) is 9.35. The van der Waals surface area contributed by atoms with Crippen LogP contribution >= 0.6 is 23.7 Å². The zero-order valence-electron chi connectivity index (χ0n) is 10.9. The Morgan fingerprint density at radius 1 is 1.52 bits per heavy atom. The van der Waals surface area contributed by atoms with Gasteiger partial charge in [0.15, 0.2) is 0 Å². The number of amides is 1. The summed E-state index contributed by atoms with van der Waals surface area (Å²) in [7, 11) is 0. The van der Waals surface area contributed by atoms with Gasteiger partial charge >= 0.3 is 6.18 Å². The normalized spacial score (nSPS) is 22.5. The smallest absolute Gasteiger partial charge is 0.375 e. The molecule has 0 spiro atoms. The van der Waals surface area contributed by atoms with Crippen molar-refractivity contribution in [3.05, 3.63) is 5.01 Å². The monoisotopic (exact) mass is 346 g/mol. The highest BCUT2D eigenvalue weighted by Gasteiger charge is 2.31. The second kappa shape index (κ2) is 7.34. The molecule has 120 valence electrons. The molecular weight excluding hydrogens is 333 g/mol. The van der Waals surface area contributed by atoms with Crippen LogP contribution in [0.5, 0.6) is 0 Å². The van der Waals surface area contributed by atoms with Gasteiger partial charge in [-0.1, -0.05) is 11.3 Å². The lowest BCUT2D eigenvalue weighted by molar-refractivity contribution is -0.127. The number of hydrogen-bond donors (Lipinski definition) is 2. The minimum absolute atomic E-state index is 0. The van der Waals surface area contributed by atoms with Gasteiger partial charge < -0.3 is 10.1 Å². The van der Waals surface area contributed by atoms with Gasteiger partial charge in [-0.25, -0.2) is 0 Å². The first-order valence-electron chi connectivity index (χ1n) is 5.90. The maximum atomic E-state index is 12.2. The fourth-order valence-corrected chi connectivity index (χ4v) is 2.53. The summed E-state index contributed by atoms with van der Waals surface area (Å²) in [6, 6.07) is -0.557. The van der Waals surface area contributed by atoms with E-state index in [-0.39, 0.29) is 28.7 Å². The molecule has 2 heterocycles. The SMILES string of the molecule is C[C@H]1OCCN[C@@H]1C(=O)Nc1nnc(CC(F)(F)F)s1.Cl. The van der Waals surface area contributed by atoms with Crippen molar-refractivity contribution in [2.24, 2.45) is 0 Å². The van der Waals surface area contributed by atoms with Crippen LogP contribution in [0.4, 0.5) is 18.3 Å². The van der Waals surface area contributed by atoms with Gasteiger partial charge in [-0.15, -0.1) is 22.6 Å². The quantitative estimate of drug-likeness (QED) is 0.864. The molecule has 0 aromatic carbocycles. The van der Waals surface area contributed by atoms with Crippen LogP contribution in [-0.2, 0) is 16.0 Å². The third kappa shape index (κ3) is 5.38. The van der Waals surface area contributed by atoms with E-state index in [0.29, 0.717) is 24.5 Å². The van der Waals surface area contributed by atoms with Gasteiger partial charge in [-0.05, 0) is 6.92 Å². The maximum Gasteiger partial charge on any atom is 0.395 e. The van der Waals surface area contributed by atoms with E-state index >= 15 is 0 Å². The van der Waals surface area contributed by atoms with Gasteiger partial charge in [-0.2, -0.15) is 13.2 Å². The van der Waals surface area contributed by atoms with E-state index < -0.39 is 24.5 Å². The molecule has 0 saturated carbocycles. The number of nitrogens with zero attached hydrogens (tertiary/aromatic N) is 2. The van der Waals surface area contributed by atoms with Crippen molar-refractivity contribution >= 4 is 34.8 Å². The summed E-state index contributed by atoms with van der Waals surface area (Å²) in [6.45, 7) is 2.79. The van der Waals surface area contributed by atoms with Crippen LogP contribution in [0.3, 0.4) is 0 Å². The number of hydrogen-bond acceptors (Lipinski definition) is 6. The third-order valence-corrected chi connectivity index (χ3v) is 3.49. The summed E-state index contributed by atoms with van der Waals surface area (Å²) in [5, 5.41) is 12.2. The molecule has 0 bridgehead atoms. The van der Waals surface area contributed by atoms with Crippen molar-refractivity contribution in [3.63, 3.8) is 0 Å². The number of carbonyl (C=O) groups is 1. The van der Waals surface area contributed by atoms with Crippen molar-refractivity contribution in [2.75, 3.05) is 18.5 Å². The van der Waals surface area contributed by atoms with Crippen LogP contribution in [0.1, 0.15) is 11.9 Å². The molecule has 0 aliphatic carbocycles. The molecular formula is C10H14ClF3N4O2S. The first-order valence-corrected chi connectivity index (χ1v) is 6.72. The Hall–Kier alpha value is -0.970. The van der Waals surface area contributed by atoms with E-state index in [9.17, 15) is 18.0 Å². The van der Waals surface area contributed by atoms with Gasteiger partial charge in [0.1, 0.15) is 11.0 Å². The molecule has 1 aromatic heterocycles. The number of halogens is 4. The number of aromatic nitrogens is 2. The van der Waals surface area contributed by atoms with Crippen molar-refractivity contribution < 1.29 is 22.7 Å². The fraction of sp³-hybridized carbons (Fsp3) is 0.700. The lowest BCUT2D eigenvalue weighted by Crippen LogP contribution is -2.53. The largest absolute Gasteiger partial charge is 0.395 e. The lowest BCUT2D eigenvalue weighted by Gasteiger charge is -2.28. The Morgan fingerprint density at radius 2 is 2.24 bits per heavy atom. The molecule has 6 nitrogen and oxygen atoms in total. The molecule has 21 heavy (non-hydrogen) atoms. The van der Waals surface area contributed by atoms with E-state index in [2.05, 4.69) is 20.8 Å². The highest BCUT2D eigenvalue weighted by Crippen LogP contribution is 2.25. The number of alkyl halides is 3. The zero-order chi connectivity index (χ0) is 14.8. The van der Waals surface area contributed by atoms with Crippen LogP contribution in [0.25, 0.3) is 0 Å². The minimum atomic E-state index is -4.34. The molecule has 2 atom stereocenters. The van der Waals surface area contributed by atoms with Gasteiger partial charge in [0, 0.05) is 6.54 Å². The molecule has 2 N–H and O–H groups in total. The molecule has 1 saturated heterocycles. The number of morpholine rings is 1. The highest BCUT2D eigenvalue weighted by molar-refractivity contribution is 7.15.